The van der Waals surface area contributed by atoms with Crippen LogP contribution in [0.2, 0.25) is 0 Å². The number of hydrogen-bond acceptors (Lipinski definition) is 12. The van der Waals surface area contributed by atoms with Gasteiger partial charge in [-0.2, -0.15) is 0 Å². The van der Waals surface area contributed by atoms with Crippen LogP contribution in [0.25, 0.3) is 0 Å². The lowest BCUT2D eigenvalue weighted by Crippen LogP contribution is -3.13. The molecule has 0 unspecified atom stereocenters. The maximum atomic E-state index is 11.4. The number of quaternary nitrogens is 1. The highest BCUT2D eigenvalue weighted by atomic mass is 16.4. The fourth-order valence-corrected chi connectivity index (χ4v) is 3.53. The van der Waals surface area contributed by atoms with E-state index in [4.69, 9.17) is 35.7 Å². The molecule has 0 bridgehead atoms. The number of aliphatic hydroxyl groups is 6. The van der Waals surface area contributed by atoms with Gasteiger partial charge in [0.15, 0.2) is 0 Å². The van der Waals surface area contributed by atoms with Crippen molar-refractivity contribution in [2.45, 2.75) is 25.7 Å². The van der Waals surface area contributed by atoms with Crippen molar-refractivity contribution in [3.8, 4) is 0 Å². The van der Waals surface area contributed by atoms with E-state index in [1.165, 1.54) is 9.80 Å². The molecule has 2 amide bonds. The van der Waals surface area contributed by atoms with Crippen molar-refractivity contribution < 1.29 is 64.9 Å². The van der Waals surface area contributed by atoms with E-state index < -0.39 is 11.9 Å². The molecule has 0 heterocycles. The number of aliphatic hydroxyl groups excluding tert-OH is 6. The van der Waals surface area contributed by atoms with E-state index in [2.05, 4.69) is 26.3 Å². The molecule has 0 aliphatic carbocycles. The summed E-state index contributed by atoms with van der Waals surface area (Å²) in [7, 11) is 0. The van der Waals surface area contributed by atoms with Gasteiger partial charge >= 0.3 is 5.97 Å². The van der Waals surface area contributed by atoms with E-state index in [1.807, 2.05) is 0 Å². The monoisotopic (exact) mass is 692 g/mol. The van der Waals surface area contributed by atoms with E-state index in [9.17, 15) is 24.3 Å². The molecule has 0 aliphatic heterocycles. The highest BCUT2D eigenvalue weighted by Crippen LogP contribution is 1.99. The van der Waals surface area contributed by atoms with Gasteiger partial charge in [-0.1, -0.05) is 24.3 Å². The smallest absolute Gasteiger partial charge is 0.303 e. The maximum absolute atomic E-state index is 11.4. The first-order chi connectivity index (χ1) is 22.9. The summed E-state index contributed by atoms with van der Waals surface area (Å²) in [6, 6.07) is 0. The zero-order chi connectivity index (χ0) is 37.6. The highest BCUT2D eigenvalue weighted by molar-refractivity contribution is 5.81. The van der Waals surface area contributed by atoms with Gasteiger partial charge in [-0.15, -0.1) is 26.3 Å². The molecule has 0 saturated heterocycles. The minimum Gasteiger partial charge on any atom is -0.550 e. The SMILES string of the molecule is C=CCN(CC=C)C(=O)CCC(=O)O.C=CCN(CC=C)C(=O)CCC(=O)[O-].OCCN(CCO)CCO.OCC[NH+](CCO)CCO. The molecule has 0 rings (SSSR count). The maximum Gasteiger partial charge on any atom is 0.303 e. The molecule has 8 N–H and O–H groups in total. The second kappa shape index (κ2) is 39.7. The quantitative estimate of drug-likeness (QED) is 0.0402. The Bertz CT molecular complexity index is 744. The standard InChI is InChI=1S/2C10H15NO3.2C6H15NO3/c2*1-3-7-11(8-4-2)9(12)5-6-10(13)14;2*8-4-1-7(2-5-9)3-6-10/h2*3-4H,1-2,5-8H2,(H,13,14);2*8-10H,1-6H2. The number of carbonyl (C=O) groups excluding carboxylic acids is 3. The summed E-state index contributed by atoms with van der Waals surface area (Å²) in [6.07, 6.45) is 5.97. The fourth-order valence-electron chi connectivity index (χ4n) is 3.53. The molecule has 0 spiro atoms. The first-order valence-corrected chi connectivity index (χ1v) is 15.5. The van der Waals surface area contributed by atoms with E-state index in [0.29, 0.717) is 65.4 Å². The number of nitrogens with zero attached hydrogens (tertiary/aromatic N) is 3. The predicted molar refractivity (Wildman–Crippen MR) is 180 cm³/mol. The molecule has 0 radical (unpaired) electrons. The number of hydrogen-bond donors (Lipinski definition) is 8. The third-order valence-corrected chi connectivity index (χ3v) is 5.84. The van der Waals surface area contributed by atoms with Gasteiger partial charge < -0.3 is 60.3 Å². The molecule has 16 nitrogen and oxygen atoms in total. The number of nitrogens with one attached hydrogen (secondary N) is 1. The second-order valence-corrected chi connectivity index (χ2v) is 9.70. The lowest BCUT2D eigenvalue weighted by molar-refractivity contribution is -0.901. The van der Waals surface area contributed by atoms with Gasteiger partial charge in [-0.25, -0.2) is 0 Å². The molecule has 0 aromatic carbocycles. The molecule has 0 aromatic rings. The van der Waals surface area contributed by atoms with Crippen LogP contribution in [0.1, 0.15) is 25.7 Å². The Hall–Kier alpha value is -3.48. The summed E-state index contributed by atoms with van der Waals surface area (Å²) in [5.41, 5.74) is 0. The van der Waals surface area contributed by atoms with Crippen molar-refractivity contribution in [3.05, 3.63) is 50.6 Å². The lowest BCUT2D eigenvalue weighted by atomic mass is 10.2. The average molecular weight is 693 g/mol. The largest absolute Gasteiger partial charge is 0.550 e. The number of carboxylic acid groups (broad SMARTS) is 2. The topological polar surface area (TPSA) is 247 Å². The summed E-state index contributed by atoms with van der Waals surface area (Å²) in [5, 5.41) is 69.5. The molecule has 0 aliphatic rings. The number of rotatable bonds is 26. The van der Waals surface area contributed by atoms with Crippen LogP contribution in [0.5, 0.6) is 0 Å². The van der Waals surface area contributed by atoms with Crippen LogP contribution in [-0.4, -0.2) is 179 Å². The van der Waals surface area contributed by atoms with E-state index in [-0.39, 0.29) is 77.1 Å². The number of carboxylic acids is 2. The fraction of sp³-hybridized carbons (Fsp3) is 0.625. The van der Waals surface area contributed by atoms with Gasteiger partial charge in [-0.3, -0.25) is 19.3 Å². The van der Waals surface area contributed by atoms with Crippen LogP contribution in [0.3, 0.4) is 0 Å². The van der Waals surface area contributed by atoms with Crippen molar-refractivity contribution in [1.29, 1.82) is 0 Å². The minimum absolute atomic E-state index is 0.0248. The molecule has 48 heavy (non-hydrogen) atoms. The van der Waals surface area contributed by atoms with Crippen LogP contribution in [0.4, 0.5) is 0 Å². The molecular formula is C32H60N4O12. The van der Waals surface area contributed by atoms with Crippen LogP contribution in [-0.2, 0) is 19.2 Å². The Labute approximate surface area is 284 Å². The third-order valence-electron chi connectivity index (χ3n) is 5.84. The van der Waals surface area contributed by atoms with Crippen LogP contribution in [0, 0.1) is 0 Å². The summed E-state index contributed by atoms with van der Waals surface area (Å²) in [4.78, 5) is 48.9. The van der Waals surface area contributed by atoms with Crippen molar-refractivity contribution in [3.63, 3.8) is 0 Å². The Balaban J connectivity index is -0.000000272. The predicted octanol–water partition coefficient (Wildman–Crippen LogP) is -4.12. The van der Waals surface area contributed by atoms with E-state index >= 15 is 0 Å². The third kappa shape index (κ3) is 37.0. The molecule has 0 fully saturated rings. The van der Waals surface area contributed by atoms with E-state index in [1.54, 1.807) is 29.2 Å². The minimum atomic E-state index is -1.21. The van der Waals surface area contributed by atoms with Crippen LogP contribution in [0.15, 0.2) is 50.6 Å². The Morgan fingerprint density at radius 2 is 0.854 bits per heavy atom. The van der Waals surface area contributed by atoms with Crippen molar-refractivity contribution in [2.24, 2.45) is 0 Å². The number of amides is 2. The summed E-state index contributed by atoms with van der Waals surface area (Å²) >= 11 is 0. The van der Waals surface area contributed by atoms with Gasteiger partial charge in [0.25, 0.3) is 0 Å². The molecule has 0 aromatic heterocycles. The van der Waals surface area contributed by atoms with Crippen molar-refractivity contribution in [1.82, 2.24) is 14.7 Å². The summed E-state index contributed by atoms with van der Waals surface area (Å²) < 4.78 is 0. The van der Waals surface area contributed by atoms with Crippen molar-refractivity contribution in [2.75, 3.05) is 105 Å². The summed E-state index contributed by atoms with van der Waals surface area (Å²) in [5.74, 6) is -2.59. The Morgan fingerprint density at radius 1 is 0.542 bits per heavy atom. The second-order valence-electron chi connectivity index (χ2n) is 9.70. The summed E-state index contributed by atoms with van der Waals surface area (Å²) in [6.45, 7) is 19.6. The lowest BCUT2D eigenvalue weighted by Gasteiger charge is -2.19. The molecule has 16 heteroatoms. The first-order valence-electron chi connectivity index (χ1n) is 15.5. The van der Waals surface area contributed by atoms with Gasteiger partial charge in [0.1, 0.15) is 19.6 Å². The first kappa shape index (κ1) is 51.4. The molecule has 0 saturated carbocycles. The van der Waals surface area contributed by atoms with Gasteiger partial charge in [0, 0.05) is 64.6 Å². The van der Waals surface area contributed by atoms with Crippen molar-refractivity contribution >= 4 is 23.8 Å². The normalized spacial score (nSPS) is 9.83. The zero-order valence-corrected chi connectivity index (χ0v) is 28.3. The zero-order valence-electron chi connectivity index (χ0n) is 28.3. The van der Waals surface area contributed by atoms with Gasteiger partial charge in [0.05, 0.1) is 46.1 Å². The molecule has 0 atom stereocenters. The average Bonchev–Trinajstić information content (AvgIpc) is 3.04. The molecule has 280 valence electrons. The van der Waals surface area contributed by atoms with Crippen LogP contribution >= 0.6 is 0 Å². The van der Waals surface area contributed by atoms with Gasteiger partial charge in [0.2, 0.25) is 11.8 Å². The highest BCUT2D eigenvalue weighted by Gasteiger charge is 2.12. The van der Waals surface area contributed by atoms with Gasteiger partial charge in [-0.05, 0) is 6.42 Å². The number of aliphatic carboxylic acids is 2. The molecular weight excluding hydrogens is 632 g/mol. The Morgan fingerprint density at radius 3 is 1.08 bits per heavy atom. The van der Waals surface area contributed by atoms with Crippen LogP contribution < -0.4 is 10.0 Å². The number of carbonyl (C=O) groups is 4. The Kier molecular flexibility index (Phi) is 42.5. The van der Waals surface area contributed by atoms with E-state index in [0.717, 1.165) is 4.90 Å².